The van der Waals surface area contributed by atoms with Gasteiger partial charge in [0.2, 0.25) is 0 Å². The van der Waals surface area contributed by atoms with Gasteiger partial charge in [0, 0.05) is 11.8 Å². The van der Waals surface area contributed by atoms with Crippen LogP contribution in [0.1, 0.15) is 55.0 Å². The Balaban J connectivity index is 1.17. The Labute approximate surface area is 344 Å². The maximum Gasteiger partial charge on any atom is 0.189 e. The molecule has 0 radical (unpaired) electrons. The first-order valence-corrected chi connectivity index (χ1v) is 20.8. The van der Waals surface area contributed by atoms with Crippen molar-refractivity contribution < 1.29 is 37.9 Å². The third kappa shape index (κ3) is 11.5. The van der Waals surface area contributed by atoms with E-state index in [-0.39, 0.29) is 30.7 Å². The topological polar surface area (TPSA) is 73.8 Å². The minimum Gasteiger partial charge on any atom is -0.374 e. The molecule has 0 spiro atoms. The predicted molar refractivity (Wildman–Crippen MR) is 223 cm³/mol. The monoisotopic (exact) mass is 786 g/mol. The quantitative estimate of drug-likeness (QED) is 0.0820. The summed E-state index contributed by atoms with van der Waals surface area (Å²) in [4.78, 5) is 0. The Kier molecular flexibility index (Phi) is 15.7. The average molecular weight is 787 g/mol. The van der Waals surface area contributed by atoms with Crippen LogP contribution in [0.4, 0.5) is 0 Å². The van der Waals surface area contributed by atoms with Gasteiger partial charge in [-0.05, 0) is 34.2 Å². The summed E-state index contributed by atoms with van der Waals surface area (Å²) in [6.07, 6.45) is -3.14. The van der Waals surface area contributed by atoms with Crippen LogP contribution in [0.2, 0.25) is 0 Å². The molecule has 0 N–H and O–H groups in total. The Bertz CT molecular complexity index is 1870. The fourth-order valence-corrected chi connectivity index (χ4v) is 7.88. The number of rotatable bonds is 19. The molecule has 0 saturated carbocycles. The fourth-order valence-electron chi connectivity index (χ4n) is 7.88. The van der Waals surface area contributed by atoms with Crippen LogP contribution in [0.25, 0.3) is 0 Å². The van der Waals surface area contributed by atoms with Crippen LogP contribution in [0, 0.1) is 11.8 Å². The number of hydrogen-bond acceptors (Lipinski definition) is 8. The van der Waals surface area contributed by atoms with Crippen molar-refractivity contribution in [1.82, 2.24) is 0 Å². The van der Waals surface area contributed by atoms with E-state index in [1.54, 1.807) is 0 Å². The van der Waals surface area contributed by atoms with Crippen LogP contribution < -0.4 is 0 Å². The third-order valence-electron chi connectivity index (χ3n) is 11.2. The Hall–Kier alpha value is -4.22. The van der Waals surface area contributed by atoms with E-state index in [2.05, 4.69) is 81.4 Å². The van der Waals surface area contributed by atoms with Crippen molar-refractivity contribution in [2.75, 3.05) is 6.61 Å². The van der Waals surface area contributed by atoms with E-state index >= 15 is 0 Å². The van der Waals surface area contributed by atoms with E-state index in [1.165, 1.54) is 0 Å². The van der Waals surface area contributed by atoms with Crippen molar-refractivity contribution in [2.45, 2.75) is 109 Å². The van der Waals surface area contributed by atoms with Crippen molar-refractivity contribution in [3.8, 4) is 0 Å². The molecule has 5 aromatic carbocycles. The van der Waals surface area contributed by atoms with Crippen LogP contribution in [0.5, 0.6) is 0 Å². The minimum absolute atomic E-state index is 0.0379. The Morgan fingerprint density at radius 1 is 0.397 bits per heavy atom. The molecule has 5 unspecified atom stereocenters. The molecular formula is C50H58O8. The second kappa shape index (κ2) is 21.7. The molecule has 0 aromatic heterocycles. The molecule has 0 amide bonds. The number of benzene rings is 5. The van der Waals surface area contributed by atoms with Gasteiger partial charge in [-0.1, -0.05) is 172 Å². The molecule has 5 aromatic rings. The molecule has 2 fully saturated rings. The van der Waals surface area contributed by atoms with Gasteiger partial charge in [-0.15, -0.1) is 0 Å². The lowest BCUT2D eigenvalue weighted by molar-refractivity contribution is -0.376. The fraction of sp³-hybridized carbons (Fsp3) is 0.400. The van der Waals surface area contributed by atoms with Gasteiger partial charge in [0.1, 0.15) is 18.3 Å². The van der Waals surface area contributed by atoms with Gasteiger partial charge >= 0.3 is 0 Å². The zero-order chi connectivity index (χ0) is 39.9. The largest absolute Gasteiger partial charge is 0.374 e. The summed E-state index contributed by atoms with van der Waals surface area (Å²) in [6, 6.07) is 51.0. The van der Waals surface area contributed by atoms with Crippen LogP contribution >= 0.6 is 0 Å². The molecule has 2 aliphatic rings. The van der Waals surface area contributed by atoms with Crippen LogP contribution in [-0.4, -0.2) is 55.8 Å². The van der Waals surface area contributed by atoms with Crippen molar-refractivity contribution in [1.29, 1.82) is 0 Å². The molecule has 8 heteroatoms. The van der Waals surface area contributed by atoms with Gasteiger partial charge in [-0.3, -0.25) is 0 Å². The number of ether oxygens (including phenoxy) is 8. The van der Waals surface area contributed by atoms with E-state index in [0.29, 0.717) is 33.0 Å². The molecule has 306 valence electrons. The summed E-state index contributed by atoms with van der Waals surface area (Å²) >= 11 is 0. The first-order valence-electron chi connectivity index (χ1n) is 20.8. The summed E-state index contributed by atoms with van der Waals surface area (Å²) in [6.45, 7) is 8.73. The standard InChI is InChI=1S/C50H58O8/c1-4-43-36(2)45(52-31-39-22-12-6-13-23-39)48(55-34-42-28-18-9-19-29-42)50(56-43)58-49-37(3)46(53-32-40-24-14-7-15-25-40)47(54-33-41-26-16-8-17-27-41)44(57-49)35-51-30-38-20-10-5-11-21-38/h5-29,36-37,43-50H,4,30-35H2,1-3H3/t36-,37?,43?,44?,45+,46?,47-,48?,49-,50-/m1/s1. The molecule has 8 nitrogen and oxygen atoms in total. The maximum atomic E-state index is 7.06. The molecule has 0 bridgehead atoms. The zero-order valence-electron chi connectivity index (χ0n) is 33.9. The maximum absolute atomic E-state index is 7.06. The lowest BCUT2D eigenvalue weighted by Crippen LogP contribution is -2.61. The van der Waals surface area contributed by atoms with Gasteiger partial charge in [-0.2, -0.15) is 0 Å². The summed E-state index contributed by atoms with van der Waals surface area (Å²) in [5.74, 6) is -0.229. The smallest absolute Gasteiger partial charge is 0.189 e. The van der Waals surface area contributed by atoms with E-state index in [0.717, 1.165) is 34.2 Å². The highest BCUT2D eigenvalue weighted by Crippen LogP contribution is 2.38. The number of hydrogen-bond donors (Lipinski definition) is 0. The molecule has 0 aliphatic carbocycles. The van der Waals surface area contributed by atoms with Gasteiger partial charge in [0.05, 0.1) is 58.0 Å². The van der Waals surface area contributed by atoms with E-state index < -0.39 is 37.0 Å². The SMILES string of the molecule is CCC1O[C@H](O[C@H]2OC(COCc3ccccc3)[C@@H](OCc3ccccc3)C(OCc3ccccc3)C2C)C(OCc2ccccc2)[C@@H](OCc2ccccc2)[C@@H]1C. The molecule has 7 rings (SSSR count). The molecular weight excluding hydrogens is 729 g/mol. The van der Waals surface area contributed by atoms with Gasteiger partial charge in [0.25, 0.3) is 0 Å². The first-order chi connectivity index (χ1) is 28.6. The van der Waals surface area contributed by atoms with Crippen molar-refractivity contribution >= 4 is 0 Å². The summed E-state index contributed by atoms with van der Waals surface area (Å²) < 4.78 is 54.5. The second-order valence-electron chi connectivity index (χ2n) is 15.4. The highest BCUT2D eigenvalue weighted by Gasteiger charge is 2.51. The third-order valence-corrected chi connectivity index (χ3v) is 11.2. The van der Waals surface area contributed by atoms with Crippen molar-refractivity contribution in [3.05, 3.63) is 179 Å². The summed E-state index contributed by atoms with van der Waals surface area (Å²) in [5.41, 5.74) is 5.36. The highest BCUT2D eigenvalue weighted by molar-refractivity contribution is 5.17. The van der Waals surface area contributed by atoms with Crippen LogP contribution in [-0.2, 0) is 70.9 Å². The van der Waals surface area contributed by atoms with E-state index in [1.807, 2.05) is 91.0 Å². The second-order valence-corrected chi connectivity index (χ2v) is 15.4. The lowest BCUT2D eigenvalue weighted by Gasteiger charge is -2.49. The van der Waals surface area contributed by atoms with Crippen LogP contribution in [0.15, 0.2) is 152 Å². The van der Waals surface area contributed by atoms with Gasteiger partial charge < -0.3 is 37.9 Å². The normalized spacial score (nSPS) is 27.3. The average Bonchev–Trinajstić information content (AvgIpc) is 3.27. The van der Waals surface area contributed by atoms with Gasteiger partial charge in [0.15, 0.2) is 12.6 Å². The molecule has 2 heterocycles. The van der Waals surface area contributed by atoms with Crippen molar-refractivity contribution in [2.24, 2.45) is 11.8 Å². The summed E-state index contributed by atoms with van der Waals surface area (Å²) in [5, 5.41) is 0. The Morgan fingerprint density at radius 2 is 0.759 bits per heavy atom. The minimum atomic E-state index is -0.791. The lowest BCUT2D eigenvalue weighted by atomic mass is 9.88. The summed E-state index contributed by atoms with van der Waals surface area (Å²) in [7, 11) is 0. The first kappa shape index (κ1) is 41.9. The van der Waals surface area contributed by atoms with E-state index in [4.69, 9.17) is 37.9 Å². The Morgan fingerprint density at radius 3 is 1.19 bits per heavy atom. The van der Waals surface area contributed by atoms with E-state index in [9.17, 15) is 0 Å². The van der Waals surface area contributed by atoms with Gasteiger partial charge in [-0.25, -0.2) is 0 Å². The predicted octanol–water partition coefficient (Wildman–Crippen LogP) is 9.69. The van der Waals surface area contributed by atoms with Crippen LogP contribution in [0.3, 0.4) is 0 Å². The zero-order valence-corrected chi connectivity index (χ0v) is 33.9. The molecule has 2 aliphatic heterocycles. The highest BCUT2D eigenvalue weighted by atomic mass is 16.8. The molecule has 10 atom stereocenters. The molecule has 58 heavy (non-hydrogen) atoms. The molecule has 2 saturated heterocycles. The van der Waals surface area contributed by atoms with Crippen molar-refractivity contribution in [3.63, 3.8) is 0 Å².